The highest BCUT2D eigenvalue weighted by Gasteiger charge is 2.11. The van der Waals surface area contributed by atoms with Gasteiger partial charge in [-0.1, -0.05) is 102 Å². The van der Waals surface area contributed by atoms with Gasteiger partial charge < -0.3 is 10.3 Å². The van der Waals surface area contributed by atoms with Crippen molar-refractivity contribution in [2.75, 3.05) is 6.54 Å². The van der Waals surface area contributed by atoms with Crippen LogP contribution in [0.3, 0.4) is 0 Å². The van der Waals surface area contributed by atoms with Gasteiger partial charge in [-0.25, -0.2) is 0 Å². The average Bonchev–Trinajstić information content (AvgIpc) is 3.21. The van der Waals surface area contributed by atoms with E-state index in [1.54, 1.807) is 6.20 Å². The van der Waals surface area contributed by atoms with E-state index in [2.05, 4.69) is 17.2 Å². The summed E-state index contributed by atoms with van der Waals surface area (Å²) < 4.78 is 0. The lowest BCUT2D eigenvalue weighted by Gasteiger charge is -2.05. The summed E-state index contributed by atoms with van der Waals surface area (Å²) in [6.45, 7) is 2.68. The number of H-pyrrole nitrogens is 1. The molecule has 0 aliphatic rings. The molecule has 1 aromatic heterocycles. The minimum absolute atomic E-state index is 0.0646. The molecule has 0 saturated heterocycles. The highest BCUT2D eigenvalue weighted by Crippen LogP contribution is 2.19. The second-order valence-electron chi connectivity index (χ2n) is 8.76. The van der Waals surface area contributed by atoms with Crippen molar-refractivity contribution in [3.05, 3.63) is 36.0 Å². The number of unbranched alkanes of at least 4 members (excludes halogenated alkanes) is 12. The Morgan fingerprint density at radius 3 is 2.00 bits per heavy atom. The zero-order valence-corrected chi connectivity index (χ0v) is 19.5. The van der Waals surface area contributed by atoms with Crippen molar-refractivity contribution in [3.63, 3.8) is 0 Å². The highest BCUT2D eigenvalue weighted by molar-refractivity contribution is 6.07. The van der Waals surface area contributed by atoms with Crippen molar-refractivity contribution in [2.24, 2.45) is 0 Å². The fourth-order valence-corrected chi connectivity index (χ4v) is 4.14. The lowest BCUT2D eigenvalue weighted by molar-refractivity contribution is -0.121. The van der Waals surface area contributed by atoms with E-state index in [0.717, 1.165) is 23.7 Å². The van der Waals surface area contributed by atoms with Crippen LogP contribution in [-0.2, 0) is 4.79 Å². The summed E-state index contributed by atoms with van der Waals surface area (Å²) in [5, 5.41) is 3.85. The quantitative estimate of drug-likeness (QED) is 0.193. The molecule has 4 heteroatoms. The summed E-state index contributed by atoms with van der Waals surface area (Å²) in [6, 6.07) is 7.80. The third kappa shape index (κ3) is 10.2. The van der Waals surface area contributed by atoms with Gasteiger partial charge in [-0.2, -0.15) is 0 Å². The summed E-state index contributed by atoms with van der Waals surface area (Å²) >= 11 is 0. The van der Waals surface area contributed by atoms with E-state index in [9.17, 15) is 9.59 Å². The third-order valence-corrected chi connectivity index (χ3v) is 6.07. The van der Waals surface area contributed by atoms with Gasteiger partial charge in [-0.05, 0) is 12.5 Å². The maximum absolute atomic E-state index is 12.4. The van der Waals surface area contributed by atoms with Crippen LogP contribution in [0.1, 0.15) is 114 Å². The molecule has 1 aromatic carbocycles. The van der Waals surface area contributed by atoms with E-state index >= 15 is 0 Å². The summed E-state index contributed by atoms with van der Waals surface area (Å²) in [5.74, 6) is 0.133. The lowest BCUT2D eigenvalue weighted by atomic mass is 10.0. The fourth-order valence-electron chi connectivity index (χ4n) is 4.14. The molecule has 0 saturated carbocycles. The molecule has 0 fully saturated rings. The van der Waals surface area contributed by atoms with Gasteiger partial charge in [0.15, 0.2) is 5.78 Å². The largest absolute Gasteiger partial charge is 0.360 e. The van der Waals surface area contributed by atoms with Crippen LogP contribution in [0.15, 0.2) is 30.5 Å². The Hall–Kier alpha value is -2.10. The third-order valence-electron chi connectivity index (χ3n) is 6.07. The Kier molecular flexibility index (Phi) is 12.7. The number of ketones is 1. The van der Waals surface area contributed by atoms with Crippen molar-refractivity contribution >= 4 is 22.6 Å². The number of aromatic amines is 1. The molecule has 0 spiro atoms. The number of benzene rings is 1. The van der Waals surface area contributed by atoms with Crippen LogP contribution in [0.2, 0.25) is 0 Å². The van der Waals surface area contributed by atoms with Crippen molar-refractivity contribution in [1.29, 1.82) is 0 Å². The second kappa shape index (κ2) is 15.7. The fraction of sp³-hybridized carbons (Fsp3) is 0.630. The number of carbonyl (C=O) groups excluding carboxylic acids is 2. The number of hydrogen-bond donors (Lipinski definition) is 2. The van der Waals surface area contributed by atoms with Crippen LogP contribution in [0.4, 0.5) is 0 Å². The zero-order valence-electron chi connectivity index (χ0n) is 19.5. The maximum Gasteiger partial charge on any atom is 0.220 e. The topological polar surface area (TPSA) is 62.0 Å². The van der Waals surface area contributed by atoms with Crippen LogP contribution in [0.5, 0.6) is 0 Å². The molecule has 0 aliphatic carbocycles. The SMILES string of the molecule is CCCCCCCCCCCCCCCC(=O)NCCC(=O)c1c[nH]c2ccccc12. The van der Waals surface area contributed by atoms with Gasteiger partial charge in [-0.15, -0.1) is 0 Å². The van der Waals surface area contributed by atoms with Crippen molar-refractivity contribution in [2.45, 2.75) is 103 Å². The highest BCUT2D eigenvalue weighted by atomic mass is 16.1. The maximum atomic E-state index is 12.4. The summed E-state index contributed by atoms with van der Waals surface area (Å²) in [7, 11) is 0. The van der Waals surface area contributed by atoms with Crippen LogP contribution in [0, 0.1) is 0 Å². The van der Waals surface area contributed by atoms with E-state index < -0.39 is 0 Å². The van der Waals surface area contributed by atoms with Gasteiger partial charge in [0.1, 0.15) is 0 Å². The standard InChI is InChI=1S/C27H42N2O2/c1-2-3-4-5-6-7-8-9-10-11-12-13-14-19-27(31)28-21-20-26(30)24-22-29-25-18-16-15-17-23(24)25/h15-18,22,29H,2-14,19-21H2,1H3,(H,28,31). The molecule has 0 radical (unpaired) electrons. The van der Waals surface area contributed by atoms with Crippen molar-refractivity contribution in [1.82, 2.24) is 10.3 Å². The normalized spacial score (nSPS) is 11.1. The Morgan fingerprint density at radius 2 is 1.35 bits per heavy atom. The van der Waals surface area contributed by atoms with E-state index in [0.29, 0.717) is 24.9 Å². The first kappa shape index (κ1) is 25.2. The van der Waals surface area contributed by atoms with Crippen molar-refractivity contribution in [3.8, 4) is 0 Å². The minimum Gasteiger partial charge on any atom is -0.360 e. The van der Waals surface area contributed by atoms with E-state index in [-0.39, 0.29) is 11.7 Å². The number of amides is 1. The number of para-hydroxylation sites is 1. The molecular weight excluding hydrogens is 384 g/mol. The predicted octanol–water partition coefficient (Wildman–Crippen LogP) is 7.34. The van der Waals surface area contributed by atoms with Gasteiger partial charge in [-0.3, -0.25) is 9.59 Å². The molecule has 2 N–H and O–H groups in total. The van der Waals surface area contributed by atoms with E-state index in [1.807, 2.05) is 24.3 Å². The molecule has 2 rings (SSSR count). The van der Waals surface area contributed by atoms with Gasteiger partial charge >= 0.3 is 0 Å². The Balaban J connectivity index is 1.41. The number of carbonyl (C=O) groups is 2. The average molecular weight is 427 g/mol. The van der Waals surface area contributed by atoms with E-state index in [4.69, 9.17) is 0 Å². The first-order valence-corrected chi connectivity index (χ1v) is 12.6. The summed E-state index contributed by atoms with van der Waals surface area (Å²) in [5.41, 5.74) is 1.68. The van der Waals surface area contributed by atoms with Gasteiger partial charge in [0.2, 0.25) is 5.91 Å². The number of fused-ring (bicyclic) bond motifs is 1. The molecule has 2 aromatic rings. The predicted molar refractivity (Wildman–Crippen MR) is 131 cm³/mol. The molecule has 172 valence electrons. The number of nitrogens with one attached hydrogen (secondary N) is 2. The van der Waals surface area contributed by atoms with Crippen LogP contribution >= 0.6 is 0 Å². The first-order chi connectivity index (χ1) is 15.2. The lowest BCUT2D eigenvalue weighted by Crippen LogP contribution is -2.25. The molecule has 0 bridgehead atoms. The molecule has 1 amide bonds. The zero-order chi connectivity index (χ0) is 22.2. The second-order valence-corrected chi connectivity index (χ2v) is 8.76. The summed E-state index contributed by atoms with van der Waals surface area (Å²) in [4.78, 5) is 27.5. The van der Waals surface area contributed by atoms with Gasteiger partial charge in [0.05, 0.1) is 0 Å². The monoisotopic (exact) mass is 426 g/mol. The molecular formula is C27H42N2O2. The Labute approximate surface area is 188 Å². The number of Topliss-reactive ketones (excluding diaryl/α,β-unsaturated/α-hetero) is 1. The first-order valence-electron chi connectivity index (χ1n) is 12.6. The number of hydrogen-bond acceptors (Lipinski definition) is 2. The molecule has 31 heavy (non-hydrogen) atoms. The van der Waals surface area contributed by atoms with Crippen LogP contribution in [0.25, 0.3) is 10.9 Å². The van der Waals surface area contributed by atoms with Crippen LogP contribution in [-0.4, -0.2) is 23.2 Å². The Morgan fingerprint density at radius 1 is 0.774 bits per heavy atom. The number of rotatable bonds is 18. The summed E-state index contributed by atoms with van der Waals surface area (Å²) in [6.07, 6.45) is 19.7. The Bertz CT molecular complexity index is 765. The van der Waals surface area contributed by atoms with Gasteiger partial charge in [0.25, 0.3) is 0 Å². The smallest absolute Gasteiger partial charge is 0.220 e. The molecule has 4 nitrogen and oxygen atoms in total. The van der Waals surface area contributed by atoms with Crippen LogP contribution < -0.4 is 5.32 Å². The van der Waals surface area contributed by atoms with E-state index in [1.165, 1.54) is 70.6 Å². The van der Waals surface area contributed by atoms with Gasteiger partial charge in [0, 0.05) is 42.0 Å². The van der Waals surface area contributed by atoms with Crippen molar-refractivity contribution < 1.29 is 9.59 Å². The molecule has 0 unspecified atom stereocenters. The molecule has 0 atom stereocenters. The molecule has 1 heterocycles. The number of aromatic nitrogens is 1. The minimum atomic E-state index is 0.0646. The molecule has 0 aliphatic heterocycles.